The highest BCUT2D eigenvalue weighted by Crippen LogP contribution is 2.24. The lowest BCUT2D eigenvalue weighted by Crippen LogP contribution is -2.23. The minimum atomic E-state index is -0.679. The molecule has 5 heteroatoms. The zero-order chi connectivity index (χ0) is 11.7. The summed E-state index contributed by atoms with van der Waals surface area (Å²) >= 11 is 0. The van der Waals surface area contributed by atoms with E-state index in [9.17, 15) is 4.79 Å². The van der Waals surface area contributed by atoms with Crippen molar-refractivity contribution in [1.82, 2.24) is 14.7 Å². The third-order valence-corrected chi connectivity index (χ3v) is 3.17. The zero-order valence-corrected chi connectivity index (χ0v) is 9.63. The number of aliphatic carboxylic acids is 1. The summed E-state index contributed by atoms with van der Waals surface area (Å²) in [4.78, 5) is 13.2. The molecule has 0 unspecified atom stereocenters. The first-order chi connectivity index (χ1) is 7.56. The fourth-order valence-corrected chi connectivity index (χ4v) is 2.33. The van der Waals surface area contributed by atoms with Gasteiger partial charge < -0.3 is 5.11 Å². The Bertz CT molecular complexity index is 388. The Morgan fingerprint density at radius 3 is 2.88 bits per heavy atom. The van der Waals surface area contributed by atoms with Crippen LogP contribution in [0.25, 0.3) is 0 Å². The molecule has 0 bridgehead atoms. The Labute approximate surface area is 94.7 Å². The van der Waals surface area contributed by atoms with Crippen LogP contribution in [0.4, 0.5) is 0 Å². The van der Waals surface area contributed by atoms with Gasteiger partial charge in [0.25, 0.3) is 0 Å². The van der Waals surface area contributed by atoms with E-state index in [1.807, 2.05) is 26.4 Å². The average molecular weight is 223 g/mol. The van der Waals surface area contributed by atoms with E-state index in [4.69, 9.17) is 5.11 Å². The van der Waals surface area contributed by atoms with Crippen LogP contribution in [0.3, 0.4) is 0 Å². The van der Waals surface area contributed by atoms with Gasteiger partial charge in [-0.05, 0) is 5.92 Å². The summed E-state index contributed by atoms with van der Waals surface area (Å²) in [5.74, 6) is -0.674. The third kappa shape index (κ3) is 2.24. The van der Waals surface area contributed by atoms with E-state index < -0.39 is 5.97 Å². The van der Waals surface area contributed by atoms with Crippen molar-refractivity contribution in [3.8, 4) is 0 Å². The quantitative estimate of drug-likeness (QED) is 0.814. The lowest BCUT2D eigenvalue weighted by molar-refractivity contribution is -0.142. The van der Waals surface area contributed by atoms with Crippen LogP contribution in [0.1, 0.15) is 12.5 Å². The first-order valence-electron chi connectivity index (χ1n) is 5.49. The van der Waals surface area contributed by atoms with E-state index in [0.717, 1.165) is 18.7 Å². The van der Waals surface area contributed by atoms with Crippen LogP contribution < -0.4 is 0 Å². The van der Waals surface area contributed by atoms with Crippen molar-refractivity contribution < 1.29 is 9.90 Å². The summed E-state index contributed by atoms with van der Waals surface area (Å²) in [5.41, 5.74) is 1.14. The standard InChI is InChI=1S/C11H17N3O2/c1-8-4-14(7-10(8)11(15)16)6-9-3-12-13(2)5-9/h3,5,8,10H,4,6-7H2,1-2H3,(H,15,16)/t8-,10-/m1/s1. The van der Waals surface area contributed by atoms with Gasteiger partial charge in [0.05, 0.1) is 12.1 Å². The molecule has 1 aliphatic heterocycles. The van der Waals surface area contributed by atoms with E-state index in [0.29, 0.717) is 6.54 Å². The van der Waals surface area contributed by atoms with Crippen LogP contribution in [-0.2, 0) is 18.4 Å². The van der Waals surface area contributed by atoms with Crippen LogP contribution in [0, 0.1) is 11.8 Å². The molecule has 0 amide bonds. The van der Waals surface area contributed by atoms with Gasteiger partial charge in [-0.3, -0.25) is 14.4 Å². The summed E-state index contributed by atoms with van der Waals surface area (Å²) in [7, 11) is 1.89. The van der Waals surface area contributed by atoms with E-state index in [1.54, 1.807) is 4.68 Å². The number of rotatable bonds is 3. The van der Waals surface area contributed by atoms with Crippen LogP contribution in [0.2, 0.25) is 0 Å². The Morgan fingerprint density at radius 1 is 1.62 bits per heavy atom. The normalized spacial score (nSPS) is 26.1. The fraction of sp³-hybridized carbons (Fsp3) is 0.636. The highest BCUT2D eigenvalue weighted by molar-refractivity contribution is 5.71. The molecule has 0 radical (unpaired) electrons. The molecule has 1 aromatic heterocycles. The lowest BCUT2D eigenvalue weighted by Gasteiger charge is -2.13. The van der Waals surface area contributed by atoms with Gasteiger partial charge in [0.1, 0.15) is 0 Å². The summed E-state index contributed by atoms with van der Waals surface area (Å²) < 4.78 is 1.77. The van der Waals surface area contributed by atoms with Gasteiger partial charge in [-0.25, -0.2) is 0 Å². The molecule has 0 spiro atoms. The second-order valence-corrected chi connectivity index (χ2v) is 4.64. The Hall–Kier alpha value is -1.36. The molecule has 1 aromatic rings. The molecule has 1 N–H and O–H groups in total. The number of aryl methyl sites for hydroxylation is 1. The first-order valence-corrected chi connectivity index (χ1v) is 5.49. The molecular formula is C11H17N3O2. The van der Waals surface area contributed by atoms with Crippen LogP contribution in [0.5, 0.6) is 0 Å². The van der Waals surface area contributed by atoms with Crippen molar-refractivity contribution in [3.05, 3.63) is 18.0 Å². The van der Waals surface area contributed by atoms with Gasteiger partial charge in [-0.15, -0.1) is 0 Å². The number of carboxylic acids is 1. The van der Waals surface area contributed by atoms with Gasteiger partial charge in [0.15, 0.2) is 0 Å². The number of nitrogens with zero attached hydrogens (tertiary/aromatic N) is 3. The predicted molar refractivity (Wildman–Crippen MR) is 58.8 cm³/mol. The molecule has 0 aromatic carbocycles. The maximum atomic E-state index is 11.0. The summed E-state index contributed by atoms with van der Waals surface area (Å²) in [5, 5.41) is 13.1. The van der Waals surface area contributed by atoms with Crippen molar-refractivity contribution in [2.75, 3.05) is 13.1 Å². The molecular weight excluding hydrogens is 206 g/mol. The van der Waals surface area contributed by atoms with Gasteiger partial charge >= 0.3 is 5.97 Å². The van der Waals surface area contributed by atoms with Crippen LogP contribution in [-0.4, -0.2) is 38.8 Å². The lowest BCUT2D eigenvalue weighted by atomic mass is 9.99. The number of aromatic nitrogens is 2. The Balaban J connectivity index is 1.96. The number of likely N-dealkylation sites (tertiary alicyclic amines) is 1. The number of hydrogen-bond acceptors (Lipinski definition) is 3. The molecule has 1 fully saturated rings. The van der Waals surface area contributed by atoms with Gasteiger partial charge in [-0.2, -0.15) is 5.10 Å². The maximum absolute atomic E-state index is 11.0. The van der Waals surface area contributed by atoms with Crippen molar-refractivity contribution in [3.63, 3.8) is 0 Å². The topological polar surface area (TPSA) is 58.4 Å². The largest absolute Gasteiger partial charge is 0.481 e. The van der Waals surface area contributed by atoms with Gasteiger partial charge in [0.2, 0.25) is 0 Å². The molecule has 2 heterocycles. The highest BCUT2D eigenvalue weighted by Gasteiger charge is 2.34. The molecule has 2 atom stereocenters. The van der Waals surface area contributed by atoms with Crippen molar-refractivity contribution in [2.24, 2.45) is 18.9 Å². The molecule has 1 aliphatic rings. The van der Waals surface area contributed by atoms with E-state index in [1.165, 1.54) is 0 Å². The SMILES string of the molecule is C[C@@H]1CN(Cc2cnn(C)c2)C[C@H]1C(=O)O. The monoisotopic (exact) mass is 223 g/mol. The van der Waals surface area contributed by atoms with E-state index >= 15 is 0 Å². The molecule has 2 rings (SSSR count). The Morgan fingerprint density at radius 2 is 2.38 bits per heavy atom. The molecule has 5 nitrogen and oxygen atoms in total. The van der Waals surface area contributed by atoms with Gasteiger partial charge in [0, 0.05) is 38.4 Å². The van der Waals surface area contributed by atoms with Crippen molar-refractivity contribution in [2.45, 2.75) is 13.5 Å². The summed E-state index contributed by atoms with van der Waals surface area (Å²) in [6.45, 7) is 4.29. The maximum Gasteiger partial charge on any atom is 0.308 e. The van der Waals surface area contributed by atoms with Crippen molar-refractivity contribution in [1.29, 1.82) is 0 Å². The molecule has 0 saturated carbocycles. The third-order valence-electron chi connectivity index (χ3n) is 3.17. The molecule has 16 heavy (non-hydrogen) atoms. The zero-order valence-electron chi connectivity index (χ0n) is 9.63. The predicted octanol–water partition coefficient (Wildman–Crippen LogP) is 0.573. The molecule has 88 valence electrons. The second-order valence-electron chi connectivity index (χ2n) is 4.64. The Kier molecular flexibility index (Phi) is 2.96. The first kappa shape index (κ1) is 11.1. The molecule has 1 saturated heterocycles. The minimum absolute atomic E-state index is 0.225. The van der Waals surface area contributed by atoms with Crippen molar-refractivity contribution >= 4 is 5.97 Å². The van der Waals surface area contributed by atoms with Gasteiger partial charge in [-0.1, -0.05) is 6.92 Å². The summed E-state index contributed by atoms with van der Waals surface area (Å²) in [6, 6.07) is 0. The van der Waals surface area contributed by atoms with E-state index in [2.05, 4.69) is 10.00 Å². The van der Waals surface area contributed by atoms with Crippen LogP contribution >= 0.6 is 0 Å². The fourth-order valence-electron chi connectivity index (χ4n) is 2.33. The number of carboxylic acid groups (broad SMARTS) is 1. The number of carbonyl (C=O) groups is 1. The summed E-state index contributed by atoms with van der Waals surface area (Å²) in [6.07, 6.45) is 3.80. The van der Waals surface area contributed by atoms with Crippen LogP contribution in [0.15, 0.2) is 12.4 Å². The minimum Gasteiger partial charge on any atom is -0.481 e. The average Bonchev–Trinajstić information content (AvgIpc) is 2.73. The number of hydrogen-bond donors (Lipinski definition) is 1. The van der Waals surface area contributed by atoms with E-state index in [-0.39, 0.29) is 11.8 Å². The second kappa shape index (κ2) is 4.25. The smallest absolute Gasteiger partial charge is 0.308 e. The highest BCUT2D eigenvalue weighted by atomic mass is 16.4. The molecule has 0 aliphatic carbocycles.